The monoisotopic (exact) mass is 301 g/mol. The van der Waals surface area contributed by atoms with Crippen molar-refractivity contribution in [2.75, 3.05) is 20.6 Å². The Labute approximate surface area is 130 Å². The lowest BCUT2D eigenvalue weighted by molar-refractivity contribution is 0.0829. The Morgan fingerprint density at radius 3 is 2.86 bits per heavy atom. The van der Waals surface area contributed by atoms with Crippen LogP contribution in [0.5, 0.6) is 0 Å². The molecule has 6 nitrogen and oxygen atoms in total. The molecule has 1 atom stereocenters. The molecule has 0 spiro atoms. The van der Waals surface area contributed by atoms with Crippen molar-refractivity contribution in [2.24, 2.45) is 0 Å². The summed E-state index contributed by atoms with van der Waals surface area (Å²) < 4.78 is 1.84. The molecule has 3 rings (SSSR count). The van der Waals surface area contributed by atoms with Crippen molar-refractivity contribution in [3.63, 3.8) is 0 Å². The van der Waals surface area contributed by atoms with Crippen LogP contribution in [-0.4, -0.2) is 57.0 Å². The van der Waals surface area contributed by atoms with Crippen LogP contribution in [-0.2, 0) is 0 Å². The molecule has 2 aromatic heterocycles. The second-order valence-corrected chi connectivity index (χ2v) is 6.35. The molecule has 0 unspecified atom stereocenters. The predicted molar refractivity (Wildman–Crippen MR) is 84.8 cm³/mol. The summed E-state index contributed by atoms with van der Waals surface area (Å²) in [6.45, 7) is 5.55. The number of likely N-dealkylation sites (tertiary alicyclic amines) is 1. The number of carbonyl (C=O) groups excluding carboxylic acids is 1. The SMILES string of the molecule is CC(C)N1CCC[C@H]1c1ccnc2c(C(=O)N(C)C)cnn12. The second kappa shape index (κ2) is 5.68. The van der Waals surface area contributed by atoms with Gasteiger partial charge in [-0.3, -0.25) is 9.69 Å². The fraction of sp³-hybridized carbons (Fsp3) is 0.562. The topological polar surface area (TPSA) is 53.7 Å². The van der Waals surface area contributed by atoms with Gasteiger partial charge in [-0.25, -0.2) is 9.50 Å². The van der Waals surface area contributed by atoms with Crippen LogP contribution >= 0.6 is 0 Å². The molecule has 3 heterocycles. The third-order valence-corrected chi connectivity index (χ3v) is 4.37. The molecular weight excluding hydrogens is 278 g/mol. The summed E-state index contributed by atoms with van der Waals surface area (Å²) in [5.41, 5.74) is 2.32. The number of hydrogen-bond acceptors (Lipinski definition) is 4. The Balaban J connectivity index is 2.07. The molecule has 6 heteroatoms. The van der Waals surface area contributed by atoms with Crippen molar-refractivity contribution < 1.29 is 4.79 Å². The lowest BCUT2D eigenvalue weighted by Gasteiger charge is -2.28. The minimum atomic E-state index is -0.0632. The minimum absolute atomic E-state index is 0.0632. The van der Waals surface area contributed by atoms with E-state index in [1.54, 1.807) is 31.4 Å². The van der Waals surface area contributed by atoms with E-state index in [2.05, 4.69) is 28.8 Å². The first kappa shape index (κ1) is 15.0. The summed E-state index contributed by atoms with van der Waals surface area (Å²) in [4.78, 5) is 20.7. The normalized spacial score (nSPS) is 19.2. The molecule has 1 fully saturated rings. The summed E-state index contributed by atoms with van der Waals surface area (Å²) in [6.07, 6.45) is 5.73. The van der Waals surface area contributed by atoms with Gasteiger partial charge < -0.3 is 4.90 Å². The zero-order valence-corrected chi connectivity index (χ0v) is 13.7. The van der Waals surface area contributed by atoms with Gasteiger partial charge in [0, 0.05) is 26.3 Å². The Bertz CT molecular complexity index is 691. The van der Waals surface area contributed by atoms with E-state index >= 15 is 0 Å². The molecule has 1 aliphatic heterocycles. The molecule has 1 amide bonds. The van der Waals surface area contributed by atoms with Crippen molar-refractivity contribution in [1.82, 2.24) is 24.4 Å². The number of fused-ring (bicyclic) bond motifs is 1. The van der Waals surface area contributed by atoms with E-state index in [0.29, 0.717) is 23.3 Å². The molecule has 22 heavy (non-hydrogen) atoms. The molecule has 0 aliphatic carbocycles. The van der Waals surface area contributed by atoms with Gasteiger partial charge in [-0.2, -0.15) is 5.10 Å². The maximum absolute atomic E-state index is 12.2. The molecule has 0 saturated carbocycles. The molecule has 1 saturated heterocycles. The Hall–Kier alpha value is -1.95. The number of hydrogen-bond donors (Lipinski definition) is 0. The lowest BCUT2D eigenvalue weighted by Crippen LogP contribution is -2.31. The van der Waals surface area contributed by atoms with E-state index in [4.69, 9.17) is 0 Å². The third-order valence-electron chi connectivity index (χ3n) is 4.37. The molecule has 0 radical (unpaired) electrons. The van der Waals surface area contributed by atoms with Gasteiger partial charge in [-0.1, -0.05) is 0 Å². The number of rotatable bonds is 3. The largest absolute Gasteiger partial charge is 0.345 e. The number of nitrogens with zero attached hydrogens (tertiary/aromatic N) is 5. The maximum Gasteiger partial charge on any atom is 0.258 e. The first-order valence-electron chi connectivity index (χ1n) is 7.80. The molecule has 0 N–H and O–H groups in total. The van der Waals surface area contributed by atoms with Gasteiger partial charge in [0.1, 0.15) is 5.56 Å². The summed E-state index contributed by atoms with van der Waals surface area (Å²) in [5.74, 6) is -0.0632. The van der Waals surface area contributed by atoms with Gasteiger partial charge in [0.25, 0.3) is 5.91 Å². The van der Waals surface area contributed by atoms with E-state index in [1.165, 1.54) is 6.42 Å². The molecule has 2 aromatic rings. The van der Waals surface area contributed by atoms with E-state index in [1.807, 2.05) is 10.6 Å². The predicted octanol–water partition coefficient (Wildman–Crippen LogP) is 1.98. The highest BCUT2D eigenvalue weighted by atomic mass is 16.2. The van der Waals surface area contributed by atoms with Crippen molar-refractivity contribution in [3.8, 4) is 0 Å². The fourth-order valence-corrected chi connectivity index (χ4v) is 3.28. The average molecular weight is 301 g/mol. The van der Waals surface area contributed by atoms with Gasteiger partial charge in [0.15, 0.2) is 5.65 Å². The summed E-state index contributed by atoms with van der Waals surface area (Å²) in [5, 5.41) is 4.44. The Morgan fingerprint density at radius 1 is 1.41 bits per heavy atom. The van der Waals surface area contributed by atoms with Crippen molar-refractivity contribution in [3.05, 3.63) is 29.7 Å². The second-order valence-electron chi connectivity index (χ2n) is 6.35. The molecular formula is C16H23N5O. The van der Waals surface area contributed by atoms with Crippen LogP contribution in [0.15, 0.2) is 18.5 Å². The average Bonchev–Trinajstić information content (AvgIpc) is 3.12. The van der Waals surface area contributed by atoms with Crippen LogP contribution in [0.1, 0.15) is 48.8 Å². The van der Waals surface area contributed by atoms with Crippen LogP contribution in [0.2, 0.25) is 0 Å². The quantitative estimate of drug-likeness (QED) is 0.870. The number of aromatic nitrogens is 3. The van der Waals surface area contributed by atoms with Gasteiger partial charge in [0.05, 0.1) is 17.9 Å². The van der Waals surface area contributed by atoms with Gasteiger partial charge >= 0.3 is 0 Å². The first-order chi connectivity index (χ1) is 10.5. The van der Waals surface area contributed by atoms with E-state index in [0.717, 1.165) is 18.7 Å². The minimum Gasteiger partial charge on any atom is -0.345 e. The highest BCUT2D eigenvalue weighted by Crippen LogP contribution is 2.33. The molecule has 0 bridgehead atoms. The van der Waals surface area contributed by atoms with Crippen molar-refractivity contribution >= 4 is 11.6 Å². The smallest absolute Gasteiger partial charge is 0.258 e. The van der Waals surface area contributed by atoms with Crippen LogP contribution in [0.3, 0.4) is 0 Å². The summed E-state index contributed by atoms with van der Waals surface area (Å²) in [7, 11) is 3.49. The van der Waals surface area contributed by atoms with Gasteiger partial charge in [0.2, 0.25) is 0 Å². The van der Waals surface area contributed by atoms with Crippen LogP contribution < -0.4 is 0 Å². The van der Waals surface area contributed by atoms with E-state index < -0.39 is 0 Å². The fourth-order valence-electron chi connectivity index (χ4n) is 3.28. The van der Waals surface area contributed by atoms with Gasteiger partial charge in [-0.15, -0.1) is 0 Å². The van der Waals surface area contributed by atoms with Crippen LogP contribution in [0.4, 0.5) is 0 Å². The highest BCUT2D eigenvalue weighted by Gasteiger charge is 2.30. The zero-order valence-electron chi connectivity index (χ0n) is 13.7. The highest BCUT2D eigenvalue weighted by molar-refractivity contribution is 5.99. The Morgan fingerprint density at radius 2 is 2.18 bits per heavy atom. The first-order valence-corrected chi connectivity index (χ1v) is 7.80. The standard InChI is InChI=1S/C16H23N5O/c1-11(2)20-9-5-6-13(20)14-7-8-17-15-12(10-18-21(14)15)16(22)19(3)4/h7-8,10-11,13H,5-6,9H2,1-4H3/t13-/m0/s1. The van der Waals surface area contributed by atoms with E-state index in [9.17, 15) is 4.79 Å². The lowest BCUT2D eigenvalue weighted by atomic mass is 10.1. The molecule has 0 aromatic carbocycles. The Kier molecular flexibility index (Phi) is 3.87. The van der Waals surface area contributed by atoms with Gasteiger partial charge in [-0.05, 0) is 39.3 Å². The van der Waals surface area contributed by atoms with Crippen LogP contribution in [0.25, 0.3) is 5.65 Å². The number of carbonyl (C=O) groups is 1. The van der Waals surface area contributed by atoms with Crippen LogP contribution in [0, 0.1) is 0 Å². The number of amides is 1. The zero-order chi connectivity index (χ0) is 15.9. The van der Waals surface area contributed by atoms with E-state index in [-0.39, 0.29) is 5.91 Å². The van der Waals surface area contributed by atoms with Crippen molar-refractivity contribution in [1.29, 1.82) is 0 Å². The molecule has 118 valence electrons. The maximum atomic E-state index is 12.2. The van der Waals surface area contributed by atoms with Crippen molar-refractivity contribution in [2.45, 2.75) is 38.8 Å². The summed E-state index contributed by atoms with van der Waals surface area (Å²) >= 11 is 0. The third kappa shape index (κ3) is 2.37. The summed E-state index contributed by atoms with van der Waals surface area (Å²) in [6, 6.07) is 2.86. The molecule has 1 aliphatic rings.